The van der Waals surface area contributed by atoms with Gasteiger partial charge in [0, 0.05) is 23.0 Å². The summed E-state index contributed by atoms with van der Waals surface area (Å²) < 4.78 is 1.91. The second-order valence-corrected chi connectivity index (χ2v) is 7.41. The summed E-state index contributed by atoms with van der Waals surface area (Å²) in [5.74, 6) is 0. The molecule has 2 aromatic rings. The molecule has 0 fully saturated rings. The van der Waals surface area contributed by atoms with Crippen molar-refractivity contribution in [2.24, 2.45) is 5.16 Å². The predicted molar refractivity (Wildman–Crippen MR) is 114 cm³/mol. The van der Waals surface area contributed by atoms with E-state index < -0.39 is 0 Å². The van der Waals surface area contributed by atoms with Crippen molar-refractivity contribution in [2.45, 2.75) is 40.2 Å². The minimum absolute atomic E-state index is 0.416. The van der Waals surface area contributed by atoms with Gasteiger partial charge >= 0.3 is 0 Å². The normalized spacial score (nSPS) is 12.2. The fourth-order valence-electron chi connectivity index (χ4n) is 2.43. The molecule has 0 saturated heterocycles. The molecule has 0 amide bonds. The first-order valence-corrected chi connectivity index (χ1v) is 9.60. The lowest BCUT2D eigenvalue weighted by Gasteiger charge is -2.10. The zero-order valence-corrected chi connectivity index (χ0v) is 17.5. The van der Waals surface area contributed by atoms with Crippen molar-refractivity contribution in [2.75, 3.05) is 6.61 Å². The summed E-state index contributed by atoms with van der Waals surface area (Å²) in [5, 5.41) is 5.45. The molecule has 0 atom stereocenters. The average molecular weight is 406 g/mol. The number of hydrogen-bond acceptors (Lipinski definition) is 3. The van der Waals surface area contributed by atoms with Crippen LogP contribution in [0, 0.1) is 0 Å². The third kappa shape index (κ3) is 7.61. The van der Waals surface area contributed by atoms with Gasteiger partial charge in [-0.2, -0.15) is 0 Å². The van der Waals surface area contributed by atoms with Crippen LogP contribution in [0.1, 0.15) is 39.2 Å². The van der Waals surface area contributed by atoms with Gasteiger partial charge in [-0.1, -0.05) is 45.6 Å². The lowest BCUT2D eigenvalue weighted by Crippen LogP contribution is -2.12. The van der Waals surface area contributed by atoms with Crippen LogP contribution < -0.4 is 0 Å². The van der Waals surface area contributed by atoms with Crippen LogP contribution in [0.5, 0.6) is 0 Å². The molecular weight excluding hydrogens is 381 g/mol. The van der Waals surface area contributed by atoms with Gasteiger partial charge in [-0.3, -0.25) is 0 Å². The fourth-order valence-corrected chi connectivity index (χ4v) is 2.94. The molecule has 0 saturated carbocycles. The SMILES string of the molecule is CC(C)=CCC/C(C)=C/CO/N=C(\Cn1ccnc1)c1ccc(Cl)cc1Cl. The number of hydrogen-bond donors (Lipinski definition) is 0. The molecule has 4 nitrogen and oxygen atoms in total. The van der Waals surface area contributed by atoms with E-state index in [4.69, 9.17) is 28.0 Å². The van der Waals surface area contributed by atoms with Crippen molar-refractivity contribution in [3.05, 3.63) is 75.8 Å². The van der Waals surface area contributed by atoms with Gasteiger partial charge in [0.25, 0.3) is 0 Å². The van der Waals surface area contributed by atoms with Crippen LogP contribution in [0.25, 0.3) is 0 Å². The Morgan fingerprint density at radius 1 is 1.22 bits per heavy atom. The lowest BCUT2D eigenvalue weighted by atomic mass is 10.1. The smallest absolute Gasteiger partial charge is 0.135 e. The highest BCUT2D eigenvalue weighted by atomic mass is 35.5. The van der Waals surface area contributed by atoms with E-state index in [1.54, 1.807) is 24.7 Å². The summed E-state index contributed by atoms with van der Waals surface area (Å²) in [5.41, 5.74) is 4.13. The summed E-state index contributed by atoms with van der Waals surface area (Å²) in [6.45, 7) is 7.25. The van der Waals surface area contributed by atoms with Crippen LogP contribution in [0.2, 0.25) is 10.0 Å². The first-order valence-electron chi connectivity index (χ1n) is 8.84. The number of benzene rings is 1. The molecule has 1 aromatic carbocycles. The molecule has 2 rings (SSSR count). The van der Waals surface area contributed by atoms with E-state index in [9.17, 15) is 0 Å². The van der Waals surface area contributed by atoms with Crippen molar-refractivity contribution in [3.63, 3.8) is 0 Å². The molecule has 144 valence electrons. The molecule has 0 N–H and O–H groups in total. The van der Waals surface area contributed by atoms with Crippen LogP contribution in [0.4, 0.5) is 0 Å². The third-order valence-electron chi connectivity index (χ3n) is 3.91. The van der Waals surface area contributed by atoms with Gasteiger partial charge in [-0.25, -0.2) is 4.98 Å². The Kier molecular flexibility index (Phi) is 8.62. The van der Waals surface area contributed by atoms with Gasteiger partial charge in [0.2, 0.25) is 0 Å². The second kappa shape index (κ2) is 11.0. The highest BCUT2D eigenvalue weighted by Gasteiger charge is 2.11. The Hall–Kier alpha value is -2.04. The summed E-state index contributed by atoms with van der Waals surface area (Å²) >= 11 is 12.4. The highest BCUT2D eigenvalue weighted by molar-refractivity contribution is 6.37. The van der Waals surface area contributed by atoms with E-state index in [0.29, 0.717) is 28.9 Å². The Bertz CT molecular complexity index is 820. The zero-order chi connectivity index (χ0) is 19.6. The molecule has 0 spiro atoms. The molecule has 27 heavy (non-hydrogen) atoms. The fraction of sp³-hybridized carbons (Fsp3) is 0.333. The summed E-state index contributed by atoms with van der Waals surface area (Å²) in [6.07, 6.45) is 11.7. The number of rotatable bonds is 9. The topological polar surface area (TPSA) is 39.4 Å². The van der Waals surface area contributed by atoms with Crippen molar-refractivity contribution >= 4 is 28.9 Å². The molecule has 6 heteroatoms. The Balaban J connectivity index is 2.05. The van der Waals surface area contributed by atoms with Crippen molar-refractivity contribution in [3.8, 4) is 0 Å². The Morgan fingerprint density at radius 2 is 2.04 bits per heavy atom. The minimum atomic E-state index is 0.416. The van der Waals surface area contributed by atoms with Crippen molar-refractivity contribution in [1.82, 2.24) is 9.55 Å². The molecule has 0 unspecified atom stereocenters. The van der Waals surface area contributed by atoms with Gasteiger partial charge < -0.3 is 9.40 Å². The van der Waals surface area contributed by atoms with Crippen molar-refractivity contribution in [1.29, 1.82) is 0 Å². The molecule has 0 bridgehead atoms. The summed E-state index contributed by atoms with van der Waals surface area (Å²) in [6, 6.07) is 5.35. The highest BCUT2D eigenvalue weighted by Crippen LogP contribution is 2.22. The Labute approximate surface area is 171 Å². The average Bonchev–Trinajstić information content (AvgIpc) is 3.10. The zero-order valence-electron chi connectivity index (χ0n) is 16.0. The van der Waals surface area contributed by atoms with E-state index in [1.807, 2.05) is 16.8 Å². The number of aromatic nitrogens is 2. The molecule has 1 heterocycles. The maximum atomic E-state index is 6.35. The quantitative estimate of drug-likeness (QED) is 0.212. The molecule has 0 aliphatic heterocycles. The van der Waals surface area contributed by atoms with Gasteiger partial charge in [0.05, 0.1) is 17.9 Å². The van der Waals surface area contributed by atoms with Crippen LogP contribution in [-0.4, -0.2) is 21.9 Å². The molecule has 0 radical (unpaired) electrons. The summed E-state index contributed by atoms with van der Waals surface area (Å²) in [7, 11) is 0. The van der Waals surface area contributed by atoms with Gasteiger partial charge in [0.1, 0.15) is 12.3 Å². The van der Waals surface area contributed by atoms with Crippen LogP contribution in [0.3, 0.4) is 0 Å². The van der Waals surface area contributed by atoms with E-state index in [0.717, 1.165) is 18.4 Å². The predicted octanol–water partition coefficient (Wildman–Crippen LogP) is 6.30. The van der Waals surface area contributed by atoms with E-state index in [1.165, 1.54) is 11.1 Å². The maximum Gasteiger partial charge on any atom is 0.135 e. The van der Waals surface area contributed by atoms with E-state index in [-0.39, 0.29) is 0 Å². The van der Waals surface area contributed by atoms with Gasteiger partial charge in [-0.15, -0.1) is 0 Å². The van der Waals surface area contributed by atoms with Crippen LogP contribution in [-0.2, 0) is 11.4 Å². The first kappa shape index (κ1) is 21.3. The van der Waals surface area contributed by atoms with Gasteiger partial charge in [0.15, 0.2) is 0 Å². The first-order chi connectivity index (χ1) is 13.0. The number of halogens is 2. The molecular formula is C21H25Cl2N3O. The number of imidazole rings is 1. The van der Waals surface area contributed by atoms with Gasteiger partial charge in [-0.05, 0) is 57.9 Å². The molecule has 0 aliphatic rings. The molecule has 1 aromatic heterocycles. The number of nitrogens with zero attached hydrogens (tertiary/aromatic N) is 3. The standard InChI is InChI=1S/C21H25Cl2N3O/c1-16(2)5-4-6-17(3)9-12-27-25-21(14-26-11-10-24-15-26)19-8-7-18(22)13-20(19)23/h5,7-11,13,15H,4,6,12,14H2,1-3H3/b17-9+,25-21+. The van der Waals surface area contributed by atoms with E-state index >= 15 is 0 Å². The number of oxime groups is 1. The number of allylic oxidation sites excluding steroid dienone is 3. The third-order valence-corrected chi connectivity index (χ3v) is 4.45. The van der Waals surface area contributed by atoms with E-state index in [2.05, 4.69) is 43.1 Å². The Morgan fingerprint density at radius 3 is 2.70 bits per heavy atom. The lowest BCUT2D eigenvalue weighted by molar-refractivity contribution is 0.173. The van der Waals surface area contributed by atoms with Crippen LogP contribution in [0.15, 0.2) is 65.4 Å². The minimum Gasteiger partial charge on any atom is -0.391 e. The monoisotopic (exact) mass is 405 g/mol. The molecule has 0 aliphatic carbocycles. The summed E-state index contributed by atoms with van der Waals surface area (Å²) in [4.78, 5) is 9.62. The van der Waals surface area contributed by atoms with Crippen molar-refractivity contribution < 1.29 is 4.84 Å². The second-order valence-electron chi connectivity index (χ2n) is 6.56. The van der Waals surface area contributed by atoms with Crippen LogP contribution >= 0.6 is 23.2 Å². The maximum absolute atomic E-state index is 6.35. The largest absolute Gasteiger partial charge is 0.391 e.